The Hall–Kier alpha value is 0.220. The maximum Gasteiger partial charge on any atom is -0.0105 e. The molecule has 2 fully saturated rings. The summed E-state index contributed by atoms with van der Waals surface area (Å²) in [4.78, 5) is 2.18. The van der Waals surface area contributed by atoms with Crippen LogP contribution in [0.25, 0.3) is 0 Å². The van der Waals surface area contributed by atoms with Crippen molar-refractivity contribution in [3.05, 3.63) is 10.6 Å². The van der Waals surface area contributed by atoms with Crippen LogP contribution in [0.3, 0.4) is 0 Å². The van der Waals surface area contributed by atoms with E-state index in [-0.39, 0.29) is 0 Å². The largest absolute Gasteiger partial charge is 0.0595 e. The Morgan fingerprint density at radius 1 is 1.45 bits per heavy atom. The van der Waals surface area contributed by atoms with Crippen molar-refractivity contribution in [2.75, 3.05) is 0 Å². The molecule has 2 aliphatic carbocycles. The van der Waals surface area contributed by atoms with E-state index >= 15 is 0 Å². The molecule has 0 N–H and O–H groups in total. The Morgan fingerprint density at radius 3 is 2.55 bits per heavy atom. The summed E-state index contributed by atoms with van der Waals surface area (Å²) in [6.45, 7) is 4.79. The maximum atomic E-state index is 3.49. The molecule has 1 heteroatoms. The van der Waals surface area contributed by atoms with E-state index in [2.05, 4.69) is 34.8 Å². The quantitative estimate of drug-likeness (QED) is 0.577. The monoisotopic (exact) mass is 214 g/mol. The first-order chi connectivity index (χ1) is 5.16. The molecular weight excluding hydrogens is 200 g/mol. The number of halogens is 1. The molecule has 62 valence electrons. The molecule has 0 amide bonds. The molecule has 0 aromatic heterocycles. The van der Waals surface area contributed by atoms with Gasteiger partial charge in [-0.1, -0.05) is 35.4 Å². The normalized spacial score (nSPS) is 43.7. The highest BCUT2D eigenvalue weighted by molar-refractivity contribution is 9.11. The Morgan fingerprint density at radius 2 is 2.18 bits per heavy atom. The second-order valence-electron chi connectivity index (χ2n) is 4.49. The summed E-state index contributed by atoms with van der Waals surface area (Å²) in [5, 5.41) is 0. The van der Waals surface area contributed by atoms with Gasteiger partial charge in [-0.15, -0.1) is 0 Å². The van der Waals surface area contributed by atoms with Crippen LogP contribution < -0.4 is 0 Å². The number of allylic oxidation sites excluding steroid dienone is 1. The van der Waals surface area contributed by atoms with E-state index in [0.29, 0.717) is 5.41 Å². The van der Waals surface area contributed by atoms with Crippen LogP contribution in [0.1, 0.15) is 33.1 Å². The van der Waals surface area contributed by atoms with Crippen molar-refractivity contribution in [2.24, 2.45) is 17.3 Å². The summed E-state index contributed by atoms with van der Waals surface area (Å²) in [6, 6.07) is 0. The SMILES string of the molecule is CC1(C)/C(=C/Br)[C@H]2CC[C@@H]1C2. The van der Waals surface area contributed by atoms with Gasteiger partial charge in [-0.25, -0.2) is 0 Å². The summed E-state index contributed by atoms with van der Waals surface area (Å²) < 4.78 is 0. The van der Waals surface area contributed by atoms with Crippen molar-refractivity contribution in [3.8, 4) is 0 Å². The third-order valence-corrected chi connectivity index (χ3v) is 4.25. The first-order valence-electron chi connectivity index (χ1n) is 4.47. The molecule has 0 radical (unpaired) electrons. The first-order valence-corrected chi connectivity index (χ1v) is 5.38. The van der Waals surface area contributed by atoms with Crippen LogP contribution >= 0.6 is 15.9 Å². The van der Waals surface area contributed by atoms with Crippen LogP contribution in [0.4, 0.5) is 0 Å². The van der Waals surface area contributed by atoms with E-state index in [1.807, 2.05) is 0 Å². The molecular formula is C10H15Br. The Bertz CT molecular complexity index is 203. The lowest BCUT2D eigenvalue weighted by Gasteiger charge is -2.32. The molecule has 2 saturated carbocycles. The standard InChI is InChI=1S/C10H15Br/c1-10(2)8-4-3-7(5-8)9(10)6-11/h6-8H,3-5H2,1-2H3/b9-6+/t7-,8+/m0/s1. The van der Waals surface area contributed by atoms with Gasteiger partial charge >= 0.3 is 0 Å². The van der Waals surface area contributed by atoms with Gasteiger partial charge in [-0.2, -0.15) is 0 Å². The predicted octanol–water partition coefficient (Wildman–Crippen LogP) is 3.72. The van der Waals surface area contributed by atoms with Crippen molar-refractivity contribution in [1.82, 2.24) is 0 Å². The number of hydrogen-bond acceptors (Lipinski definition) is 0. The Labute approximate surface area is 77.2 Å². The summed E-state index contributed by atoms with van der Waals surface area (Å²) >= 11 is 3.49. The number of hydrogen-bond donors (Lipinski definition) is 0. The van der Waals surface area contributed by atoms with Crippen molar-refractivity contribution in [1.29, 1.82) is 0 Å². The van der Waals surface area contributed by atoms with Gasteiger partial charge in [0, 0.05) is 0 Å². The number of rotatable bonds is 0. The number of fused-ring (bicyclic) bond motifs is 2. The van der Waals surface area contributed by atoms with Gasteiger partial charge in [-0.3, -0.25) is 0 Å². The summed E-state index contributed by atoms with van der Waals surface area (Å²) in [5.41, 5.74) is 2.15. The minimum absolute atomic E-state index is 0.492. The van der Waals surface area contributed by atoms with E-state index in [9.17, 15) is 0 Å². The van der Waals surface area contributed by atoms with Gasteiger partial charge in [0.25, 0.3) is 0 Å². The van der Waals surface area contributed by atoms with E-state index in [0.717, 1.165) is 11.8 Å². The van der Waals surface area contributed by atoms with E-state index < -0.39 is 0 Å². The third-order valence-electron chi connectivity index (χ3n) is 3.75. The van der Waals surface area contributed by atoms with Crippen molar-refractivity contribution >= 4 is 15.9 Å². The lowest BCUT2D eigenvalue weighted by molar-refractivity contribution is 0.288. The van der Waals surface area contributed by atoms with Crippen LogP contribution in [0, 0.1) is 17.3 Å². The van der Waals surface area contributed by atoms with Crippen LogP contribution in [0.2, 0.25) is 0 Å². The molecule has 0 saturated heterocycles. The highest BCUT2D eigenvalue weighted by atomic mass is 79.9. The van der Waals surface area contributed by atoms with Crippen LogP contribution in [0.15, 0.2) is 10.6 Å². The summed E-state index contributed by atoms with van der Waals surface area (Å²) in [6.07, 6.45) is 4.35. The molecule has 2 atom stereocenters. The highest BCUT2D eigenvalue weighted by Gasteiger charge is 2.48. The fourth-order valence-corrected chi connectivity index (χ4v) is 3.87. The van der Waals surface area contributed by atoms with Crippen LogP contribution in [-0.2, 0) is 0 Å². The zero-order valence-corrected chi connectivity index (χ0v) is 8.82. The molecule has 0 heterocycles. The Balaban J connectivity index is 2.36. The van der Waals surface area contributed by atoms with Crippen LogP contribution in [0.5, 0.6) is 0 Å². The first kappa shape index (κ1) is 7.85. The maximum absolute atomic E-state index is 3.49. The fourth-order valence-electron chi connectivity index (χ4n) is 2.91. The highest BCUT2D eigenvalue weighted by Crippen LogP contribution is 2.59. The van der Waals surface area contributed by atoms with Gasteiger partial charge in [0.05, 0.1) is 0 Å². The van der Waals surface area contributed by atoms with Gasteiger partial charge in [0.1, 0.15) is 0 Å². The lowest BCUT2D eigenvalue weighted by atomic mass is 9.73. The molecule has 0 spiro atoms. The van der Waals surface area contributed by atoms with E-state index in [4.69, 9.17) is 0 Å². The van der Waals surface area contributed by atoms with Gasteiger partial charge in [0.2, 0.25) is 0 Å². The lowest BCUT2D eigenvalue weighted by Crippen LogP contribution is -2.22. The van der Waals surface area contributed by atoms with Gasteiger partial charge in [0.15, 0.2) is 0 Å². The second kappa shape index (κ2) is 2.35. The fraction of sp³-hybridized carbons (Fsp3) is 0.800. The van der Waals surface area contributed by atoms with Gasteiger partial charge < -0.3 is 0 Å². The van der Waals surface area contributed by atoms with Crippen LogP contribution in [-0.4, -0.2) is 0 Å². The van der Waals surface area contributed by atoms with Gasteiger partial charge in [-0.05, 0) is 41.5 Å². The summed E-state index contributed by atoms with van der Waals surface area (Å²) in [5.74, 6) is 1.88. The second-order valence-corrected chi connectivity index (χ2v) is 4.95. The zero-order chi connectivity index (χ0) is 8.06. The Kier molecular flexibility index (Phi) is 1.68. The van der Waals surface area contributed by atoms with Crippen molar-refractivity contribution in [2.45, 2.75) is 33.1 Å². The molecule has 0 aliphatic heterocycles. The average Bonchev–Trinajstić information content (AvgIpc) is 2.44. The molecule has 0 unspecified atom stereocenters. The zero-order valence-electron chi connectivity index (χ0n) is 7.23. The molecule has 0 aromatic rings. The van der Waals surface area contributed by atoms with Crippen molar-refractivity contribution in [3.63, 3.8) is 0 Å². The van der Waals surface area contributed by atoms with E-state index in [1.54, 1.807) is 5.57 Å². The minimum atomic E-state index is 0.492. The average molecular weight is 215 g/mol. The smallest absolute Gasteiger partial charge is 0.0105 e. The van der Waals surface area contributed by atoms with Crippen molar-refractivity contribution < 1.29 is 0 Å². The third kappa shape index (κ3) is 0.932. The topological polar surface area (TPSA) is 0 Å². The van der Waals surface area contributed by atoms with E-state index in [1.165, 1.54) is 19.3 Å². The minimum Gasteiger partial charge on any atom is -0.0595 e. The molecule has 2 aliphatic rings. The molecule has 2 rings (SSSR count). The predicted molar refractivity (Wildman–Crippen MR) is 51.6 cm³/mol. The summed E-state index contributed by atoms with van der Waals surface area (Å²) in [7, 11) is 0. The molecule has 11 heavy (non-hydrogen) atoms. The molecule has 0 nitrogen and oxygen atoms in total. The molecule has 0 aromatic carbocycles. The molecule has 2 bridgehead atoms.